The molecule has 178 valence electrons. The third kappa shape index (κ3) is 11.8. The molecule has 0 aliphatic rings. The normalized spacial score (nSPS) is 13.2. The van der Waals surface area contributed by atoms with Crippen LogP contribution in [0.5, 0.6) is 5.75 Å². The van der Waals surface area contributed by atoms with Crippen molar-refractivity contribution in [3.63, 3.8) is 0 Å². The van der Waals surface area contributed by atoms with Crippen LogP contribution in [-0.4, -0.2) is 5.97 Å². The molecule has 1 aromatic rings. The van der Waals surface area contributed by atoms with Crippen LogP contribution in [0.4, 0.5) is 0 Å². The van der Waals surface area contributed by atoms with E-state index in [-0.39, 0.29) is 11.4 Å². The lowest BCUT2D eigenvalue weighted by atomic mass is 9.79. The molecule has 1 aromatic carbocycles. The number of hydrogen-bond acceptors (Lipinski definition) is 2. The zero-order valence-corrected chi connectivity index (χ0v) is 21.4. The number of esters is 1. The average molecular weight is 431 g/mol. The summed E-state index contributed by atoms with van der Waals surface area (Å²) in [5.41, 5.74) is 2.03. The Morgan fingerprint density at radius 2 is 1.16 bits per heavy atom. The fourth-order valence-electron chi connectivity index (χ4n) is 4.28. The molecule has 0 radical (unpaired) electrons. The monoisotopic (exact) mass is 430 g/mol. The number of benzene rings is 1. The molecular weight excluding hydrogens is 380 g/mol. The number of rotatable bonds is 18. The predicted octanol–water partition coefficient (Wildman–Crippen LogP) is 9.50. The van der Waals surface area contributed by atoms with E-state index in [4.69, 9.17) is 4.74 Å². The van der Waals surface area contributed by atoms with Crippen LogP contribution in [0.1, 0.15) is 135 Å². The summed E-state index contributed by atoms with van der Waals surface area (Å²) in [5, 5.41) is 0. The number of carbonyl (C=O) groups is 1. The Kier molecular flexibility index (Phi) is 14.6. The SMILES string of the molecule is CCCCCCCCCCC(C)(CCCCCCCC)C(=O)Oc1ccc(C)c(C)c1. The summed E-state index contributed by atoms with van der Waals surface area (Å²) in [6, 6.07) is 5.97. The molecule has 2 heteroatoms. The zero-order chi connectivity index (χ0) is 23.0. The molecule has 0 N–H and O–H groups in total. The molecule has 0 bridgehead atoms. The third-order valence-corrected chi connectivity index (χ3v) is 6.85. The molecular formula is C29H50O2. The lowest BCUT2D eigenvalue weighted by Gasteiger charge is -2.27. The fraction of sp³-hybridized carbons (Fsp3) is 0.759. The lowest BCUT2D eigenvalue weighted by Crippen LogP contribution is -2.32. The van der Waals surface area contributed by atoms with Gasteiger partial charge in [0.2, 0.25) is 0 Å². The molecule has 0 heterocycles. The van der Waals surface area contributed by atoms with E-state index in [0.717, 1.165) is 25.7 Å². The second-order valence-electron chi connectivity index (χ2n) is 9.94. The molecule has 0 aromatic heterocycles. The second-order valence-corrected chi connectivity index (χ2v) is 9.94. The molecule has 2 nitrogen and oxygen atoms in total. The van der Waals surface area contributed by atoms with Crippen molar-refractivity contribution in [3.05, 3.63) is 29.3 Å². The average Bonchev–Trinajstić information content (AvgIpc) is 2.75. The van der Waals surface area contributed by atoms with E-state index in [0.29, 0.717) is 5.75 Å². The van der Waals surface area contributed by atoms with Crippen molar-refractivity contribution < 1.29 is 9.53 Å². The van der Waals surface area contributed by atoms with Crippen molar-refractivity contribution >= 4 is 5.97 Å². The highest BCUT2D eigenvalue weighted by molar-refractivity contribution is 5.78. The minimum Gasteiger partial charge on any atom is -0.426 e. The third-order valence-electron chi connectivity index (χ3n) is 6.85. The number of ether oxygens (including phenoxy) is 1. The molecule has 1 rings (SSSR count). The summed E-state index contributed by atoms with van der Waals surface area (Å²) in [4.78, 5) is 13.2. The Labute approximate surface area is 193 Å². The van der Waals surface area contributed by atoms with Crippen molar-refractivity contribution in [2.45, 2.75) is 137 Å². The van der Waals surface area contributed by atoms with E-state index in [1.807, 2.05) is 18.2 Å². The predicted molar refractivity (Wildman–Crippen MR) is 135 cm³/mol. The smallest absolute Gasteiger partial charge is 0.317 e. The number of carbonyl (C=O) groups excluding carboxylic acids is 1. The number of hydrogen-bond donors (Lipinski definition) is 0. The quantitative estimate of drug-likeness (QED) is 0.132. The number of aryl methyl sites for hydroxylation is 2. The van der Waals surface area contributed by atoms with Gasteiger partial charge in [-0.25, -0.2) is 0 Å². The molecule has 1 unspecified atom stereocenters. The van der Waals surface area contributed by atoms with Gasteiger partial charge in [-0.15, -0.1) is 0 Å². The summed E-state index contributed by atoms with van der Waals surface area (Å²) < 4.78 is 5.89. The second kappa shape index (κ2) is 16.3. The molecule has 0 aliphatic heterocycles. The molecule has 0 spiro atoms. The van der Waals surface area contributed by atoms with Gasteiger partial charge >= 0.3 is 5.97 Å². The highest BCUT2D eigenvalue weighted by Crippen LogP contribution is 2.34. The Balaban J connectivity index is 2.56. The Hall–Kier alpha value is -1.31. The van der Waals surface area contributed by atoms with Crippen molar-refractivity contribution in [2.24, 2.45) is 5.41 Å². The maximum atomic E-state index is 13.2. The Morgan fingerprint density at radius 3 is 1.61 bits per heavy atom. The van der Waals surface area contributed by atoms with Crippen molar-refractivity contribution in [2.75, 3.05) is 0 Å². The Morgan fingerprint density at radius 1 is 0.710 bits per heavy atom. The van der Waals surface area contributed by atoms with Gasteiger partial charge in [-0.1, -0.05) is 110 Å². The molecule has 31 heavy (non-hydrogen) atoms. The fourth-order valence-corrected chi connectivity index (χ4v) is 4.28. The van der Waals surface area contributed by atoms with Gasteiger partial charge < -0.3 is 4.74 Å². The van der Waals surface area contributed by atoms with Crippen LogP contribution in [0.15, 0.2) is 18.2 Å². The number of unbranched alkanes of at least 4 members (excludes halogenated alkanes) is 12. The van der Waals surface area contributed by atoms with Crippen molar-refractivity contribution in [1.82, 2.24) is 0 Å². The first-order chi connectivity index (χ1) is 14.9. The molecule has 0 aliphatic carbocycles. The molecule has 0 amide bonds. The van der Waals surface area contributed by atoms with E-state index in [1.165, 1.54) is 88.2 Å². The standard InChI is InChI=1S/C29H50O2/c1-6-8-10-12-14-15-17-19-23-29(5,22-18-16-13-11-9-7-2)28(30)31-27-21-20-25(3)26(4)24-27/h20-21,24H,6-19,22-23H2,1-5H3. The summed E-state index contributed by atoms with van der Waals surface area (Å²) in [5.74, 6) is 0.658. The van der Waals surface area contributed by atoms with E-state index in [2.05, 4.69) is 34.6 Å². The molecule has 0 fully saturated rings. The van der Waals surface area contributed by atoms with Crippen LogP contribution in [-0.2, 0) is 4.79 Å². The first kappa shape index (κ1) is 27.7. The van der Waals surface area contributed by atoms with Crippen molar-refractivity contribution in [3.8, 4) is 5.75 Å². The topological polar surface area (TPSA) is 26.3 Å². The van der Waals surface area contributed by atoms with Crippen LogP contribution in [0, 0.1) is 19.3 Å². The highest BCUT2D eigenvalue weighted by Gasteiger charge is 2.34. The van der Waals surface area contributed by atoms with Gasteiger partial charge in [0.15, 0.2) is 0 Å². The maximum Gasteiger partial charge on any atom is 0.317 e. The molecule has 0 saturated carbocycles. The van der Waals surface area contributed by atoms with E-state index in [1.54, 1.807) is 0 Å². The van der Waals surface area contributed by atoms with Gasteiger partial charge in [0, 0.05) is 0 Å². The van der Waals surface area contributed by atoms with Gasteiger partial charge in [-0.05, 0) is 56.9 Å². The largest absolute Gasteiger partial charge is 0.426 e. The minimum absolute atomic E-state index is 0.0349. The van der Waals surface area contributed by atoms with Crippen molar-refractivity contribution in [1.29, 1.82) is 0 Å². The van der Waals surface area contributed by atoms with E-state index >= 15 is 0 Å². The van der Waals surface area contributed by atoms with E-state index < -0.39 is 0 Å². The van der Waals surface area contributed by atoms with Crippen LogP contribution in [0.2, 0.25) is 0 Å². The van der Waals surface area contributed by atoms with Crippen LogP contribution < -0.4 is 4.74 Å². The van der Waals surface area contributed by atoms with Gasteiger partial charge in [0.1, 0.15) is 5.75 Å². The summed E-state index contributed by atoms with van der Waals surface area (Å²) in [6.45, 7) is 10.8. The highest BCUT2D eigenvalue weighted by atomic mass is 16.5. The molecule has 0 saturated heterocycles. The maximum absolute atomic E-state index is 13.2. The molecule has 1 atom stereocenters. The van der Waals surface area contributed by atoms with Gasteiger partial charge in [-0.2, -0.15) is 0 Å². The zero-order valence-electron chi connectivity index (χ0n) is 21.4. The van der Waals surface area contributed by atoms with Gasteiger partial charge in [0.05, 0.1) is 5.41 Å². The summed E-state index contributed by atoms with van der Waals surface area (Å²) in [7, 11) is 0. The Bertz CT molecular complexity index is 607. The van der Waals surface area contributed by atoms with Crippen LogP contribution >= 0.6 is 0 Å². The van der Waals surface area contributed by atoms with Crippen LogP contribution in [0.3, 0.4) is 0 Å². The summed E-state index contributed by atoms with van der Waals surface area (Å²) >= 11 is 0. The first-order valence-corrected chi connectivity index (χ1v) is 13.2. The lowest BCUT2D eigenvalue weighted by molar-refractivity contribution is -0.146. The minimum atomic E-state index is -0.369. The van der Waals surface area contributed by atoms with Gasteiger partial charge in [0.25, 0.3) is 0 Å². The summed E-state index contributed by atoms with van der Waals surface area (Å²) in [6.07, 6.45) is 19.8. The van der Waals surface area contributed by atoms with Crippen LogP contribution in [0.25, 0.3) is 0 Å². The van der Waals surface area contributed by atoms with Gasteiger partial charge in [-0.3, -0.25) is 4.79 Å². The van der Waals surface area contributed by atoms with E-state index in [9.17, 15) is 4.79 Å². The first-order valence-electron chi connectivity index (χ1n) is 13.2.